The molecule has 0 aliphatic heterocycles. The summed E-state index contributed by atoms with van der Waals surface area (Å²) in [6.45, 7) is 2.12. The predicted molar refractivity (Wildman–Crippen MR) is 102 cm³/mol. The first-order valence-corrected chi connectivity index (χ1v) is 11.5. The van der Waals surface area contributed by atoms with Crippen molar-refractivity contribution < 1.29 is 39.3 Å². The lowest BCUT2D eigenvalue weighted by Crippen LogP contribution is -2.18. The van der Waals surface area contributed by atoms with Crippen LogP contribution in [0.5, 0.6) is 0 Å². The zero-order valence-electron chi connectivity index (χ0n) is 16.9. The van der Waals surface area contributed by atoms with Crippen molar-refractivity contribution in [2.24, 2.45) is 0 Å². The molecule has 3 nitrogen and oxygen atoms in total. The molecule has 0 spiro atoms. The molecule has 0 heterocycles. The Balaban J connectivity index is 2.87. The second-order valence-corrected chi connectivity index (χ2v) is 8.82. The minimum absolute atomic E-state index is 0.0657. The minimum Gasteiger partial charge on any atom is -0.282 e. The van der Waals surface area contributed by atoms with Crippen molar-refractivity contribution in [1.29, 1.82) is 0 Å². The van der Waals surface area contributed by atoms with E-state index in [1.165, 1.54) is 6.42 Å². The van der Waals surface area contributed by atoms with Crippen LogP contribution in [-0.4, -0.2) is 13.0 Å². The second kappa shape index (κ2) is 11.4. The molecule has 174 valence electrons. The second-order valence-electron chi connectivity index (χ2n) is 7.40. The summed E-state index contributed by atoms with van der Waals surface area (Å²) in [5.74, 6) is 0. The van der Waals surface area contributed by atoms with Gasteiger partial charge in [-0.3, -0.25) is 4.55 Å². The third-order valence-corrected chi connectivity index (χ3v) is 5.74. The molecular weight excluding hydrogens is 434 g/mol. The Bertz CT molecular complexity index is 735. The first-order chi connectivity index (χ1) is 13.8. The summed E-state index contributed by atoms with van der Waals surface area (Å²) in [4.78, 5) is -1.42. The molecule has 0 saturated carbocycles. The monoisotopic (exact) mass is 462 g/mol. The molecule has 1 rings (SSSR count). The van der Waals surface area contributed by atoms with Gasteiger partial charge in [-0.2, -0.15) is 34.8 Å². The molecule has 1 N–H and O–H groups in total. The average Bonchev–Trinajstić information content (AvgIpc) is 2.60. The van der Waals surface area contributed by atoms with Gasteiger partial charge in [-0.25, -0.2) is 0 Å². The summed E-state index contributed by atoms with van der Waals surface area (Å²) in [7, 11) is -5.23. The Labute approximate surface area is 173 Å². The lowest BCUT2D eigenvalue weighted by molar-refractivity contribution is -0.144. The maximum Gasteiger partial charge on any atom is 0.416 e. The van der Waals surface area contributed by atoms with E-state index in [1.807, 2.05) is 0 Å². The summed E-state index contributed by atoms with van der Waals surface area (Å²) < 4.78 is 111. The Morgan fingerprint density at radius 3 is 1.43 bits per heavy atom. The summed E-state index contributed by atoms with van der Waals surface area (Å²) in [6, 6.07) is 0.131. The highest BCUT2D eigenvalue weighted by molar-refractivity contribution is 7.85. The largest absolute Gasteiger partial charge is 0.416 e. The lowest BCUT2D eigenvalue weighted by atomic mass is 9.94. The lowest BCUT2D eigenvalue weighted by Gasteiger charge is -2.20. The molecule has 0 amide bonds. The highest BCUT2D eigenvalue weighted by Gasteiger charge is 2.42. The molecule has 10 heteroatoms. The van der Waals surface area contributed by atoms with Crippen LogP contribution in [0.2, 0.25) is 0 Å². The minimum atomic E-state index is -5.23. The van der Waals surface area contributed by atoms with Gasteiger partial charge in [0, 0.05) is 0 Å². The van der Waals surface area contributed by atoms with E-state index in [-0.39, 0.29) is 18.6 Å². The van der Waals surface area contributed by atoms with Gasteiger partial charge in [-0.1, -0.05) is 64.7 Å². The summed E-state index contributed by atoms with van der Waals surface area (Å²) in [5.41, 5.74) is -4.34. The van der Waals surface area contributed by atoms with Crippen molar-refractivity contribution in [2.75, 3.05) is 0 Å². The molecule has 0 fully saturated rings. The van der Waals surface area contributed by atoms with Crippen LogP contribution < -0.4 is 0 Å². The van der Waals surface area contributed by atoms with E-state index >= 15 is 0 Å². The fraction of sp³-hybridized carbons (Fsp3) is 0.700. The van der Waals surface area contributed by atoms with Crippen LogP contribution in [0.15, 0.2) is 17.0 Å². The fourth-order valence-corrected chi connectivity index (χ4v) is 3.89. The third kappa shape index (κ3) is 8.83. The molecule has 0 unspecified atom stereocenters. The smallest absolute Gasteiger partial charge is 0.282 e. The first kappa shape index (κ1) is 26.7. The van der Waals surface area contributed by atoms with Crippen molar-refractivity contribution in [3.05, 3.63) is 28.8 Å². The Morgan fingerprint density at radius 1 is 0.733 bits per heavy atom. The number of benzene rings is 1. The van der Waals surface area contributed by atoms with Gasteiger partial charge in [0.15, 0.2) is 0 Å². The van der Waals surface area contributed by atoms with Crippen LogP contribution in [0, 0.1) is 0 Å². The molecule has 0 aliphatic carbocycles. The van der Waals surface area contributed by atoms with E-state index in [4.69, 9.17) is 4.55 Å². The van der Waals surface area contributed by atoms with Gasteiger partial charge in [0.25, 0.3) is 10.1 Å². The topological polar surface area (TPSA) is 54.4 Å². The zero-order valence-corrected chi connectivity index (χ0v) is 17.7. The van der Waals surface area contributed by atoms with Crippen molar-refractivity contribution in [2.45, 2.75) is 94.8 Å². The van der Waals surface area contributed by atoms with E-state index in [0.717, 1.165) is 38.5 Å². The van der Waals surface area contributed by atoms with Gasteiger partial charge in [-0.15, -0.1) is 0 Å². The number of hydrogen-bond acceptors (Lipinski definition) is 2. The van der Waals surface area contributed by atoms with Gasteiger partial charge in [0.2, 0.25) is 0 Å². The van der Waals surface area contributed by atoms with Gasteiger partial charge in [0.05, 0.1) is 16.0 Å². The maximum absolute atomic E-state index is 13.3. The summed E-state index contributed by atoms with van der Waals surface area (Å²) in [6.07, 6.45) is -2.03. The van der Waals surface area contributed by atoms with Crippen LogP contribution in [0.1, 0.15) is 87.8 Å². The van der Waals surface area contributed by atoms with Crippen LogP contribution in [0.3, 0.4) is 0 Å². The molecule has 0 saturated heterocycles. The quantitative estimate of drug-likeness (QED) is 0.200. The number of unbranched alkanes of at least 4 members (excludes halogenated alkanes) is 9. The van der Waals surface area contributed by atoms with E-state index in [1.54, 1.807) is 0 Å². The normalized spacial score (nSPS) is 13.1. The summed E-state index contributed by atoms with van der Waals surface area (Å²) in [5, 5.41) is 0. The van der Waals surface area contributed by atoms with Crippen molar-refractivity contribution in [3.63, 3.8) is 0 Å². The molecule has 0 aliphatic rings. The van der Waals surface area contributed by atoms with Gasteiger partial charge in [0.1, 0.15) is 0 Å². The molecular formula is C20H28F6O3S. The molecule has 1 aromatic carbocycles. The highest BCUT2D eigenvalue weighted by atomic mass is 32.2. The van der Waals surface area contributed by atoms with Crippen molar-refractivity contribution in [3.8, 4) is 0 Å². The van der Waals surface area contributed by atoms with Crippen molar-refractivity contribution >= 4 is 10.1 Å². The fourth-order valence-electron chi connectivity index (χ4n) is 3.36. The number of halogens is 6. The summed E-state index contributed by atoms with van der Waals surface area (Å²) >= 11 is 0. The van der Waals surface area contributed by atoms with Crippen molar-refractivity contribution in [1.82, 2.24) is 0 Å². The molecule has 1 aromatic rings. The van der Waals surface area contributed by atoms with Gasteiger partial charge < -0.3 is 0 Å². The molecule has 30 heavy (non-hydrogen) atoms. The maximum atomic E-state index is 13.3. The van der Waals surface area contributed by atoms with E-state index in [9.17, 15) is 34.8 Å². The molecule has 0 aromatic heterocycles. The van der Waals surface area contributed by atoms with Crippen LogP contribution in [0.25, 0.3) is 0 Å². The standard InChI is InChI=1S/C20H28F6O3S/c1-2-3-4-5-6-7-8-9-10-11-12-16-17(19(21,22)23)13-15(30(27,28)29)14-18(16)20(24,25)26/h13-14H,2-12H2,1H3,(H,27,28,29). The first-order valence-electron chi connectivity index (χ1n) is 10.1. The zero-order chi connectivity index (χ0) is 23.0. The Morgan fingerprint density at radius 2 is 1.10 bits per heavy atom. The van der Waals surface area contributed by atoms with Crippen LogP contribution in [0.4, 0.5) is 26.3 Å². The average molecular weight is 462 g/mol. The van der Waals surface area contributed by atoms with Gasteiger partial charge >= 0.3 is 12.4 Å². The third-order valence-electron chi connectivity index (χ3n) is 4.91. The SMILES string of the molecule is CCCCCCCCCCCCc1c(C(F)(F)F)cc(S(=O)(=O)O)cc1C(F)(F)F. The van der Waals surface area contributed by atoms with E-state index in [2.05, 4.69) is 6.92 Å². The Hall–Kier alpha value is -1.29. The Kier molecular flexibility index (Phi) is 10.1. The van der Waals surface area contributed by atoms with Crippen LogP contribution >= 0.6 is 0 Å². The number of alkyl halides is 6. The highest BCUT2D eigenvalue weighted by Crippen LogP contribution is 2.41. The van der Waals surface area contributed by atoms with Crippen LogP contribution in [-0.2, 0) is 28.9 Å². The van der Waals surface area contributed by atoms with Gasteiger partial charge in [-0.05, 0) is 30.5 Å². The van der Waals surface area contributed by atoms with E-state index in [0.29, 0.717) is 12.8 Å². The molecule has 0 radical (unpaired) electrons. The predicted octanol–water partition coefficient (Wildman–Crippen LogP) is 7.43. The van der Waals surface area contributed by atoms with E-state index < -0.39 is 50.5 Å². The molecule has 0 bridgehead atoms. The number of rotatable bonds is 12. The molecule has 0 atom stereocenters. The number of hydrogen-bond donors (Lipinski definition) is 1.